The van der Waals surface area contributed by atoms with Crippen LogP contribution < -0.4 is 4.74 Å². The maximum atomic E-state index is 11.1. The van der Waals surface area contributed by atoms with Gasteiger partial charge in [0, 0.05) is 11.1 Å². The molecule has 0 aliphatic heterocycles. The molecule has 4 aromatic carbocycles. The number of para-hydroxylation sites is 2. The van der Waals surface area contributed by atoms with Crippen molar-refractivity contribution in [1.29, 1.82) is 0 Å². The van der Waals surface area contributed by atoms with Gasteiger partial charge in [-0.05, 0) is 47.5 Å². The van der Waals surface area contributed by atoms with Crippen molar-refractivity contribution < 1.29 is 24.5 Å². The van der Waals surface area contributed by atoms with Crippen LogP contribution in [0.3, 0.4) is 0 Å². The zero-order chi connectivity index (χ0) is 21.8. The second-order valence-electron chi connectivity index (χ2n) is 6.86. The number of carboxylic acid groups (broad SMARTS) is 2. The lowest BCUT2D eigenvalue weighted by atomic mass is 10.0. The van der Waals surface area contributed by atoms with Crippen LogP contribution in [0.1, 0.15) is 20.7 Å². The van der Waals surface area contributed by atoms with Crippen LogP contribution >= 0.6 is 0 Å². The number of carboxylic acids is 2. The fraction of sp³-hybridized carbons (Fsp3) is 0. The van der Waals surface area contributed by atoms with Gasteiger partial charge in [0.25, 0.3) is 0 Å². The average Bonchev–Trinajstić information content (AvgIpc) is 2.80. The molecular formula is C26H18O5. The van der Waals surface area contributed by atoms with Crippen LogP contribution in [-0.2, 0) is 0 Å². The summed E-state index contributed by atoms with van der Waals surface area (Å²) < 4.78 is 6.27. The van der Waals surface area contributed by atoms with Gasteiger partial charge in [-0.25, -0.2) is 9.59 Å². The molecule has 0 saturated carbocycles. The Hall–Kier alpha value is -4.38. The summed E-state index contributed by atoms with van der Waals surface area (Å²) >= 11 is 0. The van der Waals surface area contributed by atoms with E-state index in [2.05, 4.69) is 0 Å². The molecule has 4 aromatic rings. The largest absolute Gasteiger partial charge is 0.478 e. The van der Waals surface area contributed by atoms with E-state index < -0.39 is 11.9 Å². The zero-order valence-corrected chi connectivity index (χ0v) is 16.4. The first-order chi connectivity index (χ1) is 15.0. The van der Waals surface area contributed by atoms with E-state index in [0.29, 0.717) is 11.5 Å². The second-order valence-corrected chi connectivity index (χ2v) is 6.86. The van der Waals surface area contributed by atoms with Gasteiger partial charge in [0.05, 0.1) is 11.1 Å². The maximum absolute atomic E-state index is 11.1. The lowest BCUT2D eigenvalue weighted by Gasteiger charge is -2.15. The van der Waals surface area contributed by atoms with Gasteiger partial charge in [0.15, 0.2) is 0 Å². The second kappa shape index (κ2) is 8.55. The van der Waals surface area contributed by atoms with Gasteiger partial charge in [-0.3, -0.25) is 0 Å². The Morgan fingerprint density at radius 1 is 0.516 bits per heavy atom. The molecule has 4 rings (SSSR count). The molecule has 0 radical (unpaired) electrons. The molecule has 152 valence electrons. The third kappa shape index (κ3) is 4.31. The molecule has 0 aliphatic carbocycles. The summed E-state index contributed by atoms with van der Waals surface area (Å²) in [4.78, 5) is 22.3. The first kappa shape index (κ1) is 19.9. The standard InChI is InChI=1S/C26H18O5/c27-25(28)19-13-9-17(10-14-19)21-5-1-3-7-23(21)31-24-8-4-2-6-22(24)18-11-15-20(16-12-18)26(29)30/h1-16H,(H,27,28)(H,29,30). The van der Waals surface area contributed by atoms with Crippen LogP contribution in [0.25, 0.3) is 22.3 Å². The molecule has 5 nitrogen and oxygen atoms in total. The minimum absolute atomic E-state index is 0.220. The van der Waals surface area contributed by atoms with Crippen molar-refractivity contribution in [2.75, 3.05) is 0 Å². The van der Waals surface area contributed by atoms with Crippen LogP contribution in [0.4, 0.5) is 0 Å². The van der Waals surface area contributed by atoms with E-state index >= 15 is 0 Å². The van der Waals surface area contributed by atoms with E-state index in [-0.39, 0.29) is 11.1 Å². The summed E-state index contributed by atoms with van der Waals surface area (Å²) in [6, 6.07) is 28.3. The molecule has 2 N–H and O–H groups in total. The van der Waals surface area contributed by atoms with Gasteiger partial charge in [0.1, 0.15) is 11.5 Å². The van der Waals surface area contributed by atoms with Gasteiger partial charge in [-0.15, -0.1) is 0 Å². The Balaban J connectivity index is 1.70. The maximum Gasteiger partial charge on any atom is 0.335 e. The van der Waals surface area contributed by atoms with Crippen LogP contribution in [0.2, 0.25) is 0 Å². The SMILES string of the molecule is O=C(O)c1ccc(-c2ccccc2Oc2ccccc2-c2ccc(C(=O)O)cc2)cc1. The molecule has 0 amide bonds. The van der Waals surface area contributed by atoms with Gasteiger partial charge in [0.2, 0.25) is 0 Å². The summed E-state index contributed by atoms with van der Waals surface area (Å²) in [5, 5.41) is 18.2. The first-order valence-corrected chi connectivity index (χ1v) is 9.56. The van der Waals surface area contributed by atoms with Gasteiger partial charge in [-0.2, -0.15) is 0 Å². The summed E-state index contributed by atoms with van der Waals surface area (Å²) in [5.41, 5.74) is 3.77. The minimum atomic E-state index is -0.973. The van der Waals surface area contributed by atoms with Crippen molar-refractivity contribution in [1.82, 2.24) is 0 Å². The molecule has 5 heteroatoms. The summed E-state index contributed by atoms with van der Waals surface area (Å²) in [7, 11) is 0. The van der Waals surface area contributed by atoms with E-state index in [0.717, 1.165) is 22.3 Å². The van der Waals surface area contributed by atoms with E-state index in [1.54, 1.807) is 48.5 Å². The Morgan fingerprint density at radius 3 is 1.23 bits per heavy atom. The van der Waals surface area contributed by atoms with Crippen molar-refractivity contribution in [3.63, 3.8) is 0 Å². The highest BCUT2D eigenvalue weighted by atomic mass is 16.5. The van der Waals surface area contributed by atoms with Crippen molar-refractivity contribution in [2.45, 2.75) is 0 Å². The van der Waals surface area contributed by atoms with Gasteiger partial charge in [-0.1, -0.05) is 60.7 Å². The van der Waals surface area contributed by atoms with Gasteiger partial charge >= 0.3 is 11.9 Å². The van der Waals surface area contributed by atoms with Crippen LogP contribution in [-0.4, -0.2) is 22.2 Å². The van der Waals surface area contributed by atoms with E-state index in [1.165, 1.54) is 0 Å². The molecule has 0 aromatic heterocycles. The first-order valence-electron chi connectivity index (χ1n) is 9.56. The Kier molecular flexibility index (Phi) is 5.49. The topological polar surface area (TPSA) is 83.8 Å². The quantitative estimate of drug-likeness (QED) is 0.395. The van der Waals surface area contributed by atoms with Crippen molar-refractivity contribution >= 4 is 11.9 Å². The van der Waals surface area contributed by atoms with Crippen LogP contribution in [0.15, 0.2) is 97.1 Å². The monoisotopic (exact) mass is 410 g/mol. The predicted octanol–water partition coefficient (Wildman–Crippen LogP) is 6.21. The Morgan fingerprint density at radius 2 is 0.871 bits per heavy atom. The molecular weight excluding hydrogens is 392 g/mol. The number of hydrogen-bond acceptors (Lipinski definition) is 3. The Bertz CT molecular complexity index is 1140. The number of benzene rings is 4. The molecule has 0 aliphatic rings. The van der Waals surface area contributed by atoms with E-state index in [1.807, 2.05) is 48.5 Å². The highest BCUT2D eigenvalue weighted by Crippen LogP contribution is 2.37. The zero-order valence-electron chi connectivity index (χ0n) is 16.4. The van der Waals surface area contributed by atoms with Crippen LogP contribution in [0.5, 0.6) is 11.5 Å². The van der Waals surface area contributed by atoms with Crippen molar-refractivity contribution in [2.24, 2.45) is 0 Å². The fourth-order valence-electron chi connectivity index (χ4n) is 3.29. The van der Waals surface area contributed by atoms with Crippen LogP contribution in [0, 0.1) is 0 Å². The third-order valence-electron chi connectivity index (χ3n) is 4.88. The lowest BCUT2D eigenvalue weighted by molar-refractivity contribution is 0.0686. The molecule has 0 fully saturated rings. The summed E-state index contributed by atoms with van der Waals surface area (Å²) in [5.74, 6) is -0.696. The normalized spacial score (nSPS) is 10.5. The summed E-state index contributed by atoms with van der Waals surface area (Å²) in [6.45, 7) is 0. The molecule has 0 spiro atoms. The van der Waals surface area contributed by atoms with Gasteiger partial charge < -0.3 is 14.9 Å². The third-order valence-corrected chi connectivity index (χ3v) is 4.88. The number of hydrogen-bond donors (Lipinski definition) is 2. The number of rotatable bonds is 6. The summed E-state index contributed by atoms with van der Waals surface area (Å²) in [6.07, 6.45) is 0. The molecule has 0 atom stereocenters. The molecule has 0 heterocycles. The van der Waals surface area contributed by atoms with Crippen molar-refractivity contribution in [3.05, 3.63) is 108 Å². The fourth-order valence-corrected chi connectivity index (χ4v) is 3.29. The highest BCUT2D eigenvalue weighted by molar-refractivity contribution is 5.89. The molecule has 0 unspecified atom stereocenters. The number of carbonyl (C=O) groups is 2. The number of ether oxygens (including phenoxy) is 1. The van der Waals surface area contributed by atoms with E-state index in [4.69, 9.17) is 14.9 Å². The lowest BCUT2D eigenvalue weighted by Crippen LogP contribution is -1.96. The molecule has 0 bridgehead atoms. The molecule has 0 saturated heterocycles. The van der Waals surface area contributed by atoms with Crippen molar-refractivity contribution in [3.8, 4) is 33.8 Å². The van der Waals surface area contributed by atoms with E-state index in [9.17, 15) is 9.59 Å². The smallest absolute Gasteiger partial charge is 0.335 e. The Labute approximate surface area is 178 Å². The number of aromatic carboxylic acids is 2. The molecule has 31 heavy (non-hydrogen) atoms. The average molecular weight is 410 g/mol. The predicted molar refractivity (Wildman–Crippen MR) is 118 cm³/mol. The highest BCUT2D eigenvalue weighted by Gasteiger charge is 2.12. The minimum Gasteiger partial charge on any atom is -0.478 e.